The summed E-state index contributed by atoms with van der Waals surface area (Å²) in [7, 11) is 1.52. The predicted octanol–water partition coefficient (Wildman–Crippen LogP) is 2.44. The molecule has 0 radical (unpaired) electrons. The van der Waals surface area contributed by atoms with E-state index in [1.165, 1.54) is 7.11 Å². The SMILES string of the molecule is CCOc1ncc(C2(O)[C@@H]3CCC[C@@H]2CN(C(=O)c2ccnc(OC)c2)C3)c(OCC)n1. The summed E-state index contributed by atoms with van der Waals surface area (Å²) in [5.41, 5.74) is -0.0600. The lowest BCUT2D eigenvalue weighted by Crippen LogP contribution is -2.59. The monoisotopic (exact) mass is 442 g/mol. The molecule has 4 rings (SSSR count). The number of likely N-dealkylation sites (tertiary alicyclic amines) is 1. The van der Waals surface area contributed by atoms with Crippen molar-refractivity contribution in [1.29, 1.82) is 0 Å². The number of methoxy groups -OCH3 is 1. The highest BCUT2D eigenvalue weighted by molar-refractivity contribution is 5.94. The number of hydrogen-bond acceptors (Lipinski definition) is 8. The second-order valence-electron chi connectivity index (χ2n) is 8.18. The van der Waals surface area contributed by atoms with Crippen LogP contribution < -0.4 is 14.2 Å². The van der Waals surface area contributed by atoms with Crippen LogP contribution in [0.3, 0.4) is 0 Å². The fourth-order valence-electron chi connectivity index (χ4n) is 4.96. The largest absolute Gasteiger partial charge is 0.481 e. The maximum atomic E-state index is 13.2. The Kier molecular flexibility index (Phi) is 6.45. The second-order valence-corrected chi connectivity index (χ2v) is 8.18. The number of aliphatic hydroxyl groups is 1. The minimum absolute atomic E-state index is 0.0855. The van der Waals surface area contributed by atoms with E-state index in [0.717, 1.165) is 19.3 Å². The molecule has 3 heterocycles. The van der Waals surface area contributed by atoms with Gasteiger partial charge in [-0.2, -0.15) is 4.98 Å². The highest BCUT2D eigenvalue weighted by Crippen LogP contribution is 2.51. The minimum Gasteiger partial charge on any atom is -0.481 e. The van der Waals surface area contributed by atoms with Crippen molar-refractivity contribution in [2.24, 2.45) is 11.8 Å². The predicted molar refractivity (Wildman–Crippen MR) is 116 cm³/mol. The first-order valence-electron chi connectivity index (χ1n) is 11.2. The van der Waals surface area contributed by atoms with Crippen LogP contribution in [-0.4, -0.2) is 64.3 Å². The molecule has 1 aliphatic carbocycles. The molecular weight excluding hydrogens is 412 g/mol. The van der Waals surface area contributed by atoms with Gasteiger partial charge in [0.15, 0.2) is 0 Å². The normalized spacial score (nSPS) is 24.7. The summed E-state index contributed by atoms with van der Waals surface area (Å²) in [6, 6.07) is 3.56. The second kappa shape index (κ2) is 9.28. The van der Waals surface area contributed by atoms with Crippen molar-refractivity contribution >= 4 is 5.91 Å². The van der Waals surface area contributed by atoms with E-state index < -0.39 is 5.60 Å². The molecule has 9 heteroatoms. The molecule has 1 N–H and O–H groups in total. The van der Waals surface area contributed by atoms with Crippen LogP contribution in [0.2, 0.25) is 0 Å². The first-order chi connectivity index (χ1) is 15.5. The molecule has 2 bridgehead atoms. The number of pyridine rings is 1. The van der Waals surface area contributed by atoms with Crippen LogP contribution in [0.4, 0.5) is 0 Å². The van der Waals surface area contributed by atoms with Gasteiger partial charge < -0.3 is 24.2 Å². The number of amides is 1. The van der Waals surface area contributed by atoms with Crippen LogP contribution in [-0.2, 0) is 5.60 Å². The van der Waals surface area contributed by atoms with E-state index in [4.69, 9.17) is 14.2 Å². The molecule has 0 spiro atoms. The van der Waals surface area contributed by atoms with Crippen LogP contribution in [0.1, 0.15) is 49.0 Å². The maximum Gasteiger partial charge on any atom is 0.319 e. The van der Waals surface area contributed by atoms with Crippen molar-refractivity contribution in [3.05, 3.63) is 35.7 Å². The highest BCUT2D eigenvalue weighted by atomic mass is 16.5. The summed E-state index contributed by atoms with van der Waals surface area (Å²) in [6.45, 7) is 5.47. The molecule has 32 heavy (non-hydrogen) atoms. The summed E-state index contributed by atoms with van der Waals surface area (Å²) in [4.78, 5) is 27.8. The Labute approximate surface area is 187 Å². The topological polar surface area (TPSA) is 107 Å². The van der Waals surface area contributed by atoms with Crippen LogP contribution in [0.5, 0.6) is 17.8 Å². The Morgan fingerprint density at radius 2 is 1.91 bits per heavy atom. The lowest BCUT2D eigenvalue weighted by atomic mass is 9.63. The van der Waals surface area contributed by atoms with Gasteiger partial charge in [0.05, 0.1) is 25.9 Å². The number of carbonyl (C=O) groups excluding carboxylic acids is 1. The Bertz CT molecular complexity index is 955. The van der Waals surface area contributed by atoms with Gasteiger partial charge >= 0.3 is 6.01 Å². The summed E-state index contributed by atoms with van der Waals surface area (Å²) < 4.78 is 16.4. The summed E-state index contributed by atoms with van der Waals surface area (Å²) in [5, 5.41) is 12.0. The third kappa shape index (κ3) is 3.97. The van der Waals surface area contributed by atoms with Crippen molar-refractivity contribution < 1.29 is 24.1 Å². The van der Waals surface area contributed by atoms with Gasteiger partial charge in [0, 0.05) is 48.9 Å². The number of ether oxygens (including phenoxy) is 3. The number of nitrogens with zero attached hydrogens (tertiary/aromatic N) is 4. The van der Waals surface area contributed by atoms with E-state index >= 15 is 0 Å². The molecule has 1 saturated carbocycles. The van der Waals surface area contributed by atoms with Gasteiger partial charge in [-0.3, -0.25) is 4.79 Å². The number of piperidine rings is 1. The molecular formula is C23H30N4O5. The Hall–Kier alpha value is -2.94. The molecule has 2 aliphatic rings. The molecule has 1 aliphatic heterocycles. The van der Waals surface area contributed by atoms with Crippen LogP contribution in [0, 0.1) is 11.8 Å². The standard InChI is InChI=1S/C23H30N4O5/c1-4-31-20-18(12-25-22(26-20)32-5-2)23(29)16-7-6-8-17(23)14-27(13-16)21(28)15-9-10-24-19(11-15)30-3/h9-12,16-17,29H,4-8,13-14H2,1-3H3/t16-,17-/m1/s1. The Morgan fingerprint density at radius 3 is 2.56 bits per heavy atom. The quantitative estimate of drug-likeness (QED) is 0.697. The van der Waals surface area contributed by atoms with Gasteiger partial charge in [-0.15, -0.1) is 0 Å². The molecule has 2 atom stereocenters. The van der Waals surface area contributed by atoms with Crippen molar-refractivity contribution in [2.45, 2.75) is 38.7 Å². The fourth-order valence-corrected chi connectivity index (χ4v) is 4.96. The van der Waals surface area contributed by atoms with Crippen molar-refractivity contribution in [2.75, 3.05) is 33.4 Å². The van der Waals surface area contributed by atoms with Crippen molar-refractivity contribution in [3.63, 3.8) is 0 Å². The molecule has 2 aromatic rings. The van der Waals surface area contributed by atoms with Gasteiger partial charge in [0.2, 0.25) is 11.8 Å². The molecule has 0 unspecified atom stereocenters. The zero-order valence-electron chi connectivity index (χ0n) is 18.8. The summed E-state index contributed by atoms with van der Waals surface area (Å²) >= 11 is 0. The van der Waals surface area contributed by atoms with Crippen LogP contribution in [0.25, 0.3) is 0 Å². The lowest BCUT2D eigenvalue weighted by Gasteiger charge is -2.53. The summed E-state index contributed by atoms with van der Waals surface area (Å²) in [6.07, 6.45) is 5.80. The van der Waals surface area contributed by atoms with E-state index in [-0.39, 0.29) is 23.8 Å². The van der Waals surface area contributed by atoms with E-state index in [2.05, 4.69) is 15.0 Å². The average Bonchev–Trinajstić information content (AvgIpc) is 2.79. The first kappa shape index (κ1) is 22.3. The molecule has 172 valence electrons. The molecule has 1 amide bonds. The lowest BCUT2D eigenvalue weighted by molar-refractivity contribution is -0.141. The number of aromatic nitrogens is 3. The number of fused-ring (bicyclic) bond motifs is 2. The zero-order valence-corrected chi connectivity index (χ0v) is 18.8. The third-order valence-electron chi connectivity index (χ3n) is 6.43. The average molecular weight is 443 g/mol. The van der Waals surface area contributed by atoms with Crippen LogP contribution in [0.15, 0.2) is 24.5 Å². The van der Waals surface area contributed by atoms with Gasteiger partial charge in [-0.25, -0.2) is 9.97 Å². The van der Waals surface area contributed by atoms with Crippen LogP contribution >= 0.6 is 0 Å². The first-order valence-corrected chi connectivity index (χ1v) is 11.2. The Morgan fingerprint density at radius 1 is 1.19 bits per heavy atom. The number of rotatable bonds is 7. The Balaban J connectivity index is 1.64. The van der Waals surface area contributed by atoms with Gasteiger partial charge in [-0.1, -0.05) is 6.42 Å². The van der Waals surface area contributed by atoms with E-state index in [1.54, 1.807) is 24.5 Å². The van der Waals surface area contributed by atoms with Gasteiger partial charge in [-0.05, 0) is 32.8 Å². The molecule has 2 fully saturated rings. The maximum absolute atomic E-state index is 13.2. The molecule has 2 aromatic heterocycles. The number of hydrogen-bond donors (Lipinski definition) is 1. The zero-order chi connectivity index (χ0) is 22.7. The number of carbonyl (C=O) groups is 1. The van der Waals surface area contributed by atoms with E-state index in [0.29, 0.717) is 49.2 Å². The molecule has 9 nitrogen and oxygen atoms in total. The van der Waals surface area contributed by atoms with Crippen molar-refractivity contribution in [1.82, 2.24) is 19.9 Å². The minimum atomic E-state index is -1.17. The van der Waals surface area contributed by atoms with Gasteiger partial charge in [0.1, 0.15) is 5.60 Å². The fraction of sp³-hybridized carbons (Fsp3) is 0.565. The van der Waals surface area contributed by atoms with Crippen molar-refractivity contribution in [3.8, 4) is 17.8 Å². The molecule has 0 aromatic carbocycles. The van der Waals surface area contributed by atoms with E-state index in [1.807, 2.05) is 18.7 Å². The molecule has 1 saturated heterocycles. The van der Waals surface area contributed by atoms with Gasteiger partial charge in [0.25, 0.3) is 5.91 Å². The smallest absolute Gasteiger partial charge is 0.319 e. The third-order valence-corrected chi connectivity index (χ3v) is 6.43. The van der Waals surface area contributed by atoms with E-state index in [9.17, 15) is 9.90 Å². The summed E-state index contributed by atoms with van der Waals surface area (Å²) in [5.74, 6) is 0.367. The highest BCUT2D eigenvalue weighted by Gasteiger charge is 2.54.